The summed E-state index contributed by atoms with van der Waals surface area (Å²) < 4.78 is 5.97. The SMILES string of the molecule is CCC(Oc1cccc(C)c1C)C(=O)NC1CCCCC1. The summed E-state index contributed by atoms with van der Waals surface area (Å²) in [5.74, 6) is 0.853. The monoisotopic (exact) mass is 289 g/mol. The van der Waals surface area contributed by atoms with Gasteiger partial charge in [-0.3, -0.25) is 4.79 Å². The lowest BCUT2D eigenvalue weighted by Gasteiger charge is -2.26. The lowest BCUT2D eigenvalue weighted by molar-refractivity contribution is -0.129. The summed E-state index contributed by atoms with van der Waals surface area (Å²) in [6.07, 6.45) is 6.23. The van der Waals surface area contributed by atoms with Crippen LogP contribution in [0, 0.1) is 13.8 Å². The molecular weight excluding hydrogens is 262 g/mol. The van der Waals surface area contributed by atoms with Crippen LogP contribution in [0.3, 0.4) is 0 Å². The number of rotatable bonds is 5. The molecule has 3 heteroatoms. The molecule has 1 aromatic carbocycles. The predicted octanol–water partition coefficient (Wildman–Crippen LogP) is 3.91. The number of benzene rings is 1. The molecule has 0 aliphatic heterocycles. The van der Waals surface area contributed by atoms with Gasteiger partial charge in [0.25, 0.3) is 5.91 Å². The van der Waals surface area contributed by atoms with E-state index in [9.17, 15) is 4.79 Å². The van der Waals surface area contributed by atoms with E-state index in [1.807, 2.05) is 26.0 Å². The Hall–Kier alpha value is -1.51. The van der Waals surface area contributed by atoms with Crippen molar-refractivity contribution in [3.05, 3.63) is 29.3 Å². The summed E-state index contributed by atoms with van der Waals surface area (Å²) in [5, 5.41) is 3.16. The standard InChI is InChI=1S/C18H27NO2/c1-4-16(18(20)19-15-10-6-5-7-11-15)21-17-12-8-9-13(2)14(17)3/h8-9,12,15-16H,4-7,10-11H2,1-3H3,(H,19,20). The highest BCUT2D eigenvalue weighted by molar-refractivity contribution is 5.81. The molecule has 0 bridgehead atoms. The largest absolute Gasteiger partial charge is 0.480 e. The molecule has 1 amide bonds. The Morgan fingerprint density at radius 2 is 2.00 bits per heavy atom. The van der Waals surface area contributed by atoms with Crippen LogP contribution in [0.25, 0.3) is 0 Å². The predicted molar refractivity (Wildman–Crippen MR) is 85.6 cm³/mol. The molecule has 116 valence electrons. The van der Waals surface area contributed by atoms with Crippen molar-refractivity contribution in [1.82, 2.24) is 5.32 Å². The van der Waals surface area contributed by atoms with E-state index in [1.165, 1.54) is 24.8 Å². The van der Waals surface area contributed by atoms with Crippen LogP contribution in [0.4, 0.5) is 0 Å². The van der Waals surface area contributed by atoms with Crippen molar-refractivity contribution in [1.29, 1.82) is 0 Å². The van der Waals surface area contributed by atoms with Gasteiger partial charge in [-0.05, 0) is 50.3 Å². The normalized spacial score (nSPS) is 17.3. The average Bonchev–Trinajstić information content (AvgIpc) is 2.49. The maximum absolute atomic E-state index is 12.4. The second kappa shape index (κ2) is 7.48. The van der Waals surface area contributed by atoms with Crippen molar-refractivity contribution in [3.63, 3.8) is 0 Å². The summed E-state index contributed by atoms with van der Waals surface area (Å²) in [4.78, 5) is 12.4. The number of carbonyl (C=O) groups is 1. The molecule has 2 rings (SSSR count). The van der Waals surface area contributed by atoms with Crippen LogP contribution in [-0.4, -0.2) is 18.1 Å². The van der Waals surface area contributed by atoms with Gasteiger partial charge in [0.2, 0.25) is 0 Å². The smallest absolute Gasteiger partial charge is 0.261 e. The second-order valence-corrected chi connectivity index (χ2v) is 6.06. The highest BCUT2D eigenvalue weighted by Crippen LogP contribution is 2.23. The van der Waals surface area contributed by atoms with Crippen LogP contribution < -0.4 is 10.1 Å². The lowest BCUT2D eigenvalue weighted by Crippen LogP contribution is -2.44. The topological polar surface area (TPSA) is 38.3 Å². The van der Waals surface area contributed by atoms with Crippen molar-refractivity contribution < 1.29 is 9.53 Å². The van der Waals surface area contributed by atoms with Crippen molar-refractivity contribution in [2.45, 2.75) is 71.4 Å². The summed E-state index contributed by atoms with van der Waals surface area (Å²) in [7, 11) is 0. The van der Waals surface area contributed by atoms with Crippen molar-refractivity contribution in [2.24, 2.45) is 0 Å². The van der Waals surface area contributed by atoms with E-state index in [0.717, 1.165) is 24.2 Å². The third-order valence-electron chi connectivity index (χ3n) is 4.44. The molecule has 1 aromatic rings. The Morgan fingerprint density at radius 3 is 2.67 bits per heavy atom. The Labute approximate surface area is 128 Å². The fourth-order valence-electron chi connectivity index (χ4n) is 2.87. The molecule has 0 radical (unpaired) electrons. The fourth-order valence-corrected chi connectivity index (χ4v) is 2.87. The molecule has 0 spiro atoms. The van der Waals surface area contributed by atoms with Crippen LogP contribution >= 0.6 is 0 Å². The minimum Gasteiger partial charge on any atom is -0.480 e. The molecular formula is C18H27NO2. The molecule has 1 saturated carbocycles. The zero-order valence-corrected chi connectivity index (χ0v) is 13.4. The zero-order chi connectivity index (χ0) is 15.2. The van der Waals surface area contributed by atoms with Gasteiger partial charge in [-0.2, -0.15) is 0 Å². The first kappa shape index (κ1) is 15.9. The van der Waals surface area contributed by atoms with Gasteiger partial charge < -0.3 is 10.1 Å². The molecule has 0 saturated heterocycles. The second-order valence-electron chi connectivity index (χ2n) is 6.06. The number of aryl methyl sites for hydroxylation is 1. The van der Waals surface area contributed by atoms with Gasteiger partial charge in [0.05, 0.1) is 0 Å². The van der Waals surface area contributed by atoms with E-state index in [2.05, 4.69) is 18.3 Å². The highest BCUT2D eigenvalue weighted by Gasteiger charge is 2.23. The summed E-state index contributed by atoms with van der Waals surface area (Å²) in [6.45, 7) is 6.10. The molecule has 1 fully saturated rings. The molecule has 1 N–H and O–H groups in total. The van der Waals surface area contributed by atoms with Crippen molar-refractivity contribution >= 4 is 5.91 Å². The van der Waals surface area contributed by atoms with Crippen molar-refractivity contribution in [3.8, 4) is 5.75 Å². The number of nitrogens with one attached hydrogen (secondary N) is 1. The first-order valence-electron chi connectivity index (χ1n) is 8.15. The van der Waals surface area contributed by atoms with Crippen molar-refractivity contribution in [2.75, 3.05) is 0 Å². The average molecular weight is 289 g/mol. The fraction of sp³-hybridized carbons (Fsp3) is 0.611. The van der Waals surface area contributed by atoms with Crippen LogP contribution in [-0.2, 0) is 4.79 Å². The van der Waals surface area contributed by atoms with Crippen LogP contribution in [0.2, 0.25) is 0 Å². The number of hydrogen-bond acceptors (Lipinski definition) is 2. The molecule has 0 aromatic heterocycles. The van der Waals surface area contributed by atoms with E-state index in [1.54, 1.807) is 0 Å². The zero-order valence-electron chi connectivity index (χ0n) is 13.4. The minimum atomic E-state index is -0.396. The highest BCUT2D eigenvalue weighted by atomic mass is 16.5. The Kier molecular flexibility index (Phi) is 5.66. The summed E-state index contributed by atoms with van der Waals surface area (Å²) in [6, 6.07) is 6.32. The van der Waals surface area contributed by atoms with Gasteiger partial charge in [0.15, 0.2) is 6.10 Å². The number of carbonyl (C=O) groups excluding carboxylic acids is 1. The van der Waals surface area contributed by atoms with Crippen LogP contribution in [0.1, 0.15) is 56.6 Å². The third-order valence-corrected chi connectivity index (χ3v) is 4.44. The minimum absolute atomic E-state index is 0.0327. The van der Waals surface area contributed by atoms with Gasteiger partial charge in [-0.1, -0.05) is 38.3 Å². The van der Waals surface area contributed by atoms with Gasteiger partial charge in [-0.25, -0.2) is 0 Å². The number of amides is 1. The Bertz CT molecular complexity index is 478. The first-order valence-corrected chi connectivity index (χ1v) is 8.15. The number of ether oxygens (including phenoxy) is 1. The quantitative estimate of drug-likeness (QED) is 0.892. The maximum Gasteiger partial charge on any atom is 0.261 e. The van der Waals surface area contributed by atoms with Gasteiger partial charge in [0.1, 0.15) is 5.75 Å². The molecule has 3 nitrogen and oxygen atoms in total. The molecule has 1 atom stereocenters. The van der Waals surface area contributed by atoms with E-state index >= 15 is 0 Å². The lowest BCUT2D eigenvalue weighted by atomic mass is 9.95. The van der Waals surface area contributed by atoms with E-state index in [-0.39, 0.29) is 5.91 Å². The summed E-state index contributed by atoms with van der Waals surface area (Å²) >= 11 is 0. The Balaban J connectivity index is 1.98. The van der Waals surface area contributed by atoms with E-state index < -0.39 is 6.10 Å². The molecule has 0 heterocycles. The van der Waals surface area contributed by atoms with Gasteiger partial charge in [0, 0.05) is 6.04 Å². The molecule has 1 aliphatic carbocycles. The van der Waals surface area contributed by atoms with Gasteiger partial charge in [-0.15, -0.1) is 0 Å². The van der Waals surface area contributed by atoms with E-state index in [0.29, 0.717) is 12.5 Å². The van der Waals surface area contributed by atoms with Crippen LogP contribution in [0.5, 0.6) is 5.75 Å². The van der Waals surface area contributed by atoms with E-state index in [4.69, 9.17) is 4.74 Å². The Morgan fingerprint density at radius 1 is 1.29 bits per heavy atom. The summed E-state index contributed by atoms with van der Waals surface area (Å²) in [5.41, 5.74) is 2.30. The van der Waals surface area contributed by atoms with Crippen LogP contribution in [0.15, 0.2) is 18.2 Å². The molecule has 1 aliphatic rings. The maximum atomic E-state index is 12.4. The van der Waals surface area contributed by atoms with Gasteiger partial charge >= 0.3 is 0 Å². The number of hydrogen-bond donors (Lipinski definition) is 1. The first-order chi connectivity index (χ1) is 10.1. The molecule has 1 unspecified atom stereocenters. The third kappa shape index (κ3) is 4.23. The molecule has 21 heavy (non-hydrogen) atoms.